The predicted molar refractivity (Wildman–Crippen MR) is 57.3 cm³/mol. The van der Waals surface area contributed by atoms with Crippen molar-refractivity contribution in [1.29, 1.82) is 0 Å². The molecule has 0 saturated heterocycles. The second kappa shape index (κ2) is 24.5. The standard InChI is InChI=1S/C10H14.3CO.Fe/c1-6-10(4,5)8-7-9(2)3;3*1-2;/h1,7-8H,2H2,3-5H3;;;;. The van der Waals surface area contributed by atoms with Gasteiger partial charge in [0.15, 0.2) is 0 Å². The molecule has 0 N–H and O–H groups in total. The molecule has 0 rings (SSSR count). The van der Waals surface area contributed by atoms with Gasteiger partial charge in [-0.2, -0.15) is 0 Å². The van der Waals surface area contributed by atoms with Crippen LogP contribution in [0.4, 0.5) is 0 Å². The minimum Gasteiger partial charge on any atom is 0 e. The van der Waals surface area contributed by atoms with Crippen LogP contribution >= 0.6 is 0 Å². The first-order chi connectivity index (χ1) is 7.48. The van der Waals surface area contributed by atoms with Crippen molar-refractivity contribution >= 4 is 0 Å². The van der Waals surface area contributed by atoms with Crippen molar-refractivity contribution in [2.24, 2.45) is 5.41 Å². The summed E-state index contributed by atoms with van der Waals surface area (Å²) >= 11 is 0. The molecule has 0 saturated carbocycles. The van der Waals surface area contributed by atoms with E-state index in [1.807, 2.05) is 33.6 Å². The van der Waals surface area contributed by atoms with Crippen molar-refractivity contribution in [3.63, 3.8) is 0 Å². The summed E-state index contributed by atoms with van der Waals surface area (Å²) in [5, 5.41) is 0. The first-order valence-electron chi connectivity index (χ1n) is 3.92. The van der Waals surface area contributed by atoms with E-state index in [1.54, 1.807) is 0 Å². The second-order valence-corrected chi connectivity index (χ2v) is 3.05. The Bertz CT molecular complexity index is 217. The van der Waals surface area contributed by atoms with Gasteiger partial charge < -0.3 is 0 Å². The molecule has 92 valence electrons. The molecule has 17 heavy (non-hydrogen) atoms. The fourth-order valence-electron chi connectivity index (χ4n) is 0.399. The maximum Gasteiger partial charge on any atom is 0 e. The maximum atomic E-state index is 7.50. The monoisotopic (exact) mass is 274 g/mol. The van der Waals surface area contributed by atoms with Gasteiger partial charge in [0.05, 0.1) is 0 Å². The maximum absolute atomic E-state index is 7.50. The Labute approximate surface area is 115 Å². The molecule has 0 aromatic rings. The van der Waals surface area contributed by atoms with Gasteiger partial charge >= 0.3 is 33.9 Å². The van der Waals surface area contributed by atoms with E-state index in [-0.39, 0.29) is 22.5 Å². The molecule has 0 atom stereocenters. The van der Waals surface area contributed by atoms with Crippen molar-refractivity contribution in [3.8, 4) is 12.3 Å². The average molecular weight is 274 g/mol. The van der Waals surface area contributed by atoms with Gasteiger partial charge in [0.25, 0.3) is 0 Å². The first-order valence-corrected chi connectivity index (χ1v) is 3.92. The summed E-state index contributed by atoms with van der Waals surface area (Å²) in [5.41, 5.74) is -0.140. The molecule has 0 spiro atoms. The Kier molecular flexibility index (Phi) is 43.1. The third kappa shape index (κ3) is 39.3. The quantitative estimate of drug-likeness (QED) is 0.328. The van der Waals surface area contributed by atoms with Crippen LogP contribution in [0.2, 0.25) is 0 Å². The second-order valence-electron chi connectivity index (χ2n) is 3.05. The van der Waals surface area contributed by atoms with Crippen molar-refractivity contribution in [1.82, 2.24) is 0 Å². The van der Waals surface area contributed by atoms with E-state index in [0.717, 1.165) is 5.92 Å². The van der Waals surface area contributed by atoms with E-state index in [2.05, 4.69) is 32.8 Å². The van der Waals surface area contributed by atoms with Gasteiger partial charge in [-0.1, -0.05) is 6.92 Å². The molecule has 0 unspecified atom stereocenters. The zero-order chi connectivity index (χ0) is 14.2. The van der Waals surface area contributed by atoms with E-state index in [4.69, 9.17) is 20.4 Å². The molecule has 0 bridgehead atoms. The molecule has 0 aliphatic heterocycles. The van der Waals surface area contributed by atoms with Crippen LogP contribution in [-0.2, 0) is 31.0 Å². The number of hydrogen-bond donors (Lipinski definition) is 0. The predicted octanol–water partition coefficient (Wildman–Crippen LogP) is 2.37. The van der Waals surface area contributed by atoms with Crippen molar-refractivity contribution in [2.45, 2.75) is 20.8 Å². The molecule has 0 aromatic carbocycles. The molecule has 0 heterocycles. The molecule has 0 aliphatic rings. The molecule has 0 aliphatic carbocycles. The Balaban J connectivity index is -0.0000000594. The summed E-state index contributed by atoms with van der Waals surface area (Å²) < 4.78 is 22.5. The minimum atomic E-state index is -0.140. The Morgan fingerprint density at radius 1 is 1.18 bits per heavy atom. The molecular formula is C13H14FeO3. The molecule has 4 radical (unpaired) electrons. The Morgan fingerprint density at radius 3 is 1.65 bits per heavy atom. The van der Waals surface area contributed by atoms with Gasteiger partial charge in [0, 0.05) is 22.5 Å². The van der Waals surface area contributed by atoms with Gasteiger partial charge in [-0.05, 0) is 39.5 Å². The topological polar surface area (TPSA) is 59.7 Å². The van der Waals surface area contributed by atoms with Crippen LogP contribution in [0.5, 0.6) is 0 Å². The Morgan fingerprint density at radius 2 is 1.47 bits per heavy atom. The van der Waals surface area contributed by atoms with Crippen molar-refractivity contribution < 1.29 is 31.0 Å². The van der Waals surface area contributed by atoms with Gasteiger partial charge in [-0.3, -0.25) is 0 Å². The van der Waals surface area contributed by atoms with Gasteiger partial charge in [-0.25, -0.2) is 0 Å². The average Bonchev–Trinajstić information content (AvgIpc) is 2.34. The third-order valence-corrected chi connectivity index (χ3v) is 1.16. The minimum absolute atomic E-state index is 0. The number of rotatable bonds is 3. The van der Waals surface area contributed by atoms with Gasteiger partial charge in [0.1, 0.15) is 0 Å². The van der Waals surface area contributed by atoms with E-state index in [1.165, 1.54) is 0 Å². The summed E-state index contributed by atoms with van der Waals surface area (Å²) in [6.07, 6.45) is 9.19. The van der Waals surface area contributed by atoms with Crippen LogP contribution in [0.1, 0.15) is 20.8 Å². The summed E-state index contributed by atoms with van der Waals surface area (Å²) in [6.45, 7) is 23.2. The smallest absolute Gasteiger partial charge is 0 e. The zero-order valence-electron chi connectivity index (χ0n) is 10.0. The molecule has 0 amide bonds. The third-order valence-electron chi connectivity index (χ3n) is 1.16. The van der Waals surface area contributed by atoms with Crippen LogP contribution in [-0.4, -0.2) is 0 Å². The van der Waals surface area contributed by atoms with E-state index in [9.17, 15) is 0 Å². The van der Waals surface area contributed by atoms with Gasteiger partial charge in [0.2, 0.25) is 0 Å². The SMILES string of the molecule is C#CC(C)(C)[CH][CH][C]([CH2])C.[C-]#[O+].[C-]#[O+].[C-]#[O+].[Fe]. The van der Waals surface area contributed by atoms with Crippen molar-refractivity contribution in [3.05, 3.63) is 45.6 Å². The largest absolute Gasteiger partial charge is 0 e. The van der Waals surface area contributed by atoms with E-state index < -0.39 is 0 Å². The fraction of sp³-hybridized carbons (Fsp3) is 0.308. The van der Waals surface area contributed by atoms with Crippen LogP contribution in [0.25, 0.3) is 0 Å². The first kappa shape index (κ1) is 29.9. The number of hydrogen-bond acceptors (Lipinski definition) is 0. The van der Waals surface area contributed by atoms with Crippen molar-refractivity contribution in [2.75, 3.05) is 0 Å². The van der Waals surface area contributed by atoms with Crippen LogP contribution in [0, 0.1) is 63.4 Å². The number of terminal acetylenes is 1. The van der Waals surface area contributed by atoms with Gasteiger partial charge in [-0.15, -0.1) is 12.3 Å². The summed E-state index contributed by atoms with van der Waals surface area (Å²) in [4.78, 5) is 0. The van der Waals surface area contributed by atoms with E-state index >= 15 is 0 Å². The molecule has 3 nitrogen and oxygen atoms in total. The normalized spacial score (nSPS) is 7.18. The molecule has 0 fully saturated rings. The fourth-order valence-corrected chi connectivity index (χ4v) is 0.399. The summed E-state index contributed by atoms with van der Waals surface area (Å²) in [5.74, 6) is 3.70. The summed E-state index contributed by atoms with van der Waals surface area (Å²) in [7, 11) is 0. The van der Waals surface area contributed by atoms with Crippen LogP contribution in [0.15, 0.2) is 0 Å². The summed E-state index contributed by atoms with van der Waals surface area (Å²) in [6, 6.07) is 0. The Hall–Kier alpha value is -0.701. The van der Waals surface area contributed by atoms with Crippen LogP contribution in [0.3, 0.4) is 0 Å². The zero-order valence-corrected chi connectivity index (χ0v) is 11.1. The molecular weight excluding hydrogens is 260 g/mol. The van der Waals surface area contributed by atoms with E-state index in [0.29, 0.717) is 0 Å². The molecule has 4 heteroatoms. The molecule has 0 aromatic heterocycles. The van der Waals surface area contributed by atoms with Crippen LogP contribution < -0.4 is 0 Å².